The zero-order valence-corrected chi connectivity index (χ0v) is 16.2. The highest BCUT2D eigenvalue weighted by Gasteiger charge is 2.37. The molecule has 0 bridgehead atoms. The number of amides is 2. The number of likely N-dealkylation sites (N-methyl/N-ethyl adjacent to an activating group) is 1. The molecule has 0 radical (unpaired) electrons. The van der Waals surface area contributed by atoms with E-state index >= 15 is 0 Å². The van der Waals surface area contributed by atoms with Crippen molar-refractivity contribution in [1.29, 1.82) is 0 Å². The summed E-state index contributed by atoms with van der Waals surface area (Å²) in [6.07, 6.45) is 2.71. The topological polar surface area (TPSA) is 53.1 Å². The third-order valence-electron chi connectivity index (χ3n) is 5.23. The van der Waals surface area contributed by atoms with Crippen molar-refractivity contribution in [3.63, 3.8) is 0 Å². The quantitative estimate of drug-likeness (QED) is 0.760. The van der Waals surface area contributed by atoms with Gasteiger partial charge in [-0.3, -0.25) is 9.59 Å². The minimum absolute atomic E-state index is 0.0287. The van der Waals surface area contributed by atoms with Gasteiger partial charge in [-0.2, -0.15) is 0 Å². The lowest BCUT2D eigenvalue weighted by molar-refractivity contribution is -0.134. The third kappa shape index (κ3) is 4.13. The standard InChI is InChI=1S/C19H26ClN3O3/c1-21(9-10-22-7-3-4-8-22)19(25)14-11-18(24)23(13-14)16-12-15(20)5-6-17(16)26-2/h5-6,12,14H,3-4,7-11,13H2,1-2H3. The van der Waals surface area contributed by atoms with E-state index in [2.05, 4.69) is 4.90 Å². The van der Waals surface area contributed by atoms with Crippen molar-refractivity contribution in [1.82, 2.24) is 9.80 Å². The Balaban J connectivity index is 1.63. The van der Waals surface area contributed by atoms with Gasteiger partial charge < -0.3 is 19.4 Å². The average Bonchev–Trinajstić information content (AvgIpc) is 3.28. The fraction of sp³-hybridized carbons (Fsp3) is 0.579. The maximum atomic E-state index is 12.8. The molecule has 0 N–H and O–H groups in total. The number of hydrogen-bond donors (Lipinski definition) is 0. The fourth-order valence-corrected chi connectivity index (χ4v) is 3.87. The largest absolute Gasteiger partial charge is 0.495 e. The number of likely N-dealkylation sites (tertiary alicyclic amines) is 1. The molecule has 2 aliphatic heterocycles. The molecule has 7 heteroatoms. The van der Waals surface area contributed by atoms with E-state index in [1.54, 1.807) is 35.1 Å². The number of methoxy groups -OCH3 is 1. The van der Waals surface area contributed by atoms with Crippen LogP contribution in [0.15, 0.2) is 18.2 Å². The van der Waals surface area contributed by atoms with Gasteiger partial charge in [0, 0.05) is 38.1 Å². The highest BCUT2D eigenvalue weighted by atomic mass is 35.5. The van der Waals surface area contributed by atoms with Gasteiger partial charge >= 0.3 is 0 Å². The Hall–Kier alpha value is -1.79. The van der Waals surface area contributed by atoms with Crippen molar-refractivity contribution in [3.05, 3.63) is 23.2 Å². The molecule has 2 saturated heterocycles. The maximum absolute atomic E-state index is 12.8. The van der Waals surface area contributed by atoms with Crippen LogP contribution >= 0.6 is 11.6 Å². The summed E-state index contributed by atoms with van der Waals surface area (Å²) >= 11 is 6.08. The SMILES string of the molecule is COc1ccc(Cl)cc1N1CC(C(=O)N(C)CCN2CCCC2)CC1=O. The molecule has 142 valence electrons. The zero-order chi connectivity index (χ0) is 18.7. The summed E-state index contributed by atoms with van der Waals surface area (Å²) in [7, 11) is 3.38. The van der Waals surface area contributed by atoms with Crippen LogP contribution < -0.4 is 9.64 Å². The van der Waals surface area contributed by atoms with Gasteiger partial charge in [0.15, 0.2) is 0 Å². The molecule has 2 fully saturated rings. The molecule has 0 aromatic heterocycles. The normalized spacial score (nSPS) is 20.7. The van der Waals surface area contributed by atoms with Crippen LogP contribution in [0.25, 0.3) is 0 Å². The Kier molecular flexibility index (Phi) is 6.04. The van der Waals surface area contributed by atoms with E-state index in [0.717, 1.165) is 19.6 Å². The van der Waals surface area contributed by atoms with E-state index in [-0.39, 0.29) is 24.2 Å². The molecule has 0 aliphatic carbocycles. The Bertz CT molecular complexity index is 676. The van der Waals surface area contributed by atoms with Crippen LogP contribution in [0.5, 0.6) is 5.75 Å². The van der Waals surface area contributed by atoms with Crippen LogP contribution in [-0.2, 0) is 9.59 Å². The zero-order valence-electron chi connectivity index (χ0n) is 15.4. The van der Waals surface area contributed by atoms with Crippen molar-refractivity contribution < 1.29 is 14.3 Å². The highest BCUT2D eigenvalue weighted by molar-refractivity contribution is 6.31. The second kappa shape index (κ2) is 8.27. The molecular weight excluding hydrogens is 354 g/mol. The summed E-state index contributed by atoms with van der Waals surface area (Å²) in [6, 6.07) is 5.17. The van der Waals surface area contributed by atoms with Gasteiger partial charge in [0.05, 0.1) is 18.7 Å². The maximum Gasteiger partial charge on any atom is 0.227 e. The van der Waals surface area contributed by atoms with Gasteiger partial charge in [0.2, 0.25) is 11.8 Å². The van der Waals surface area contributed by atoms with E-state index < -0.39 is 0 Å². The lowest BCUT2D eigenvalue weighted by atomic mass is 10.1. The predicted octanol–water partition coefficient (Wildman–Crippen LogP) is 2.26. The van der Waals surface area contributed by atoms with Gasteiger partial charge in [-0.1, -0.05) is 11.6 Å². The molecule has 1 unspecified atom stereocenters. The van der Waals surface area contributed by atoms with Crippen LogP contribution in [0.2, 0.25) is 5.02 Å². The van der Waals surface area contributed by atoms with Crippen molar-refractivity contribution in [2.75, 3.05) is 51.8 Å². The highest BCUT2D eigenvalue weighted by Crippen LogP contribution is 2.35. The number of ether oxygens (including phenoxy) is 1. The Labute approximate surface area is 159 Å². The molecule has 1 atom stereocenters. The molecule has 2 heterocycles. The van der Waals surface area contributed by atoms with E-state index in [9.17, 15) is 9.59 Å². The summed E-state index contributed by atoms with van der Waals surface area (Å²) < 4.78 is 5.35. The number of nitrogens with zero attached hydrogens (tertiary/aromatic N) is 3. The van der Waals surface area contributed by atoms with Crippen molar-refractivity contribution in [2.24, 2.45) is 5.92 Å². The number of hydrogen-bond acceptors (Lipinski definition) is 4. The van der Waals surface area contributed by atoms with Crippen LogP contribution in [0.1, 0.15) is 19.3 Å². The first-order valence-electron chi connectivity index (χ1n) is 9.11. The molecular formula is C19H26ClN3O3. The van der Waals surface area contributed by atoms with Crippen molar-refractivity contribution in [2.45, 2.75) is 19.3 Å². The van der Waals surface area contributed by atoms with E-state index in [1.807, 2.05) is 7.05 Å². The summed E-state index contributed by atoms with van der Waals surface area (Å²) in [5.74, 6) is 0.214. The number of carbonyl (C=O) groups excluding carboxylic acids is 2. The van der Waals surface area contributed by atoms with Gasteiger partial charge in [0.25, 0.3) is 0 Å². The monoisotopic (exact) mass is 379 g/mol. The number of anilines is 1. The van der Waals surface area contributed by atoms with E-state index in [1.165, 1.54) is 12.8 Å². The first-order valence-corrected chi connectivity index (χ1v) is 9.48. The van der Waals surface area contributed by atoms with Crippen LogP contribution in [-0.4, -0.2) is 68.5 Å². The molecule has 3 rings (SSSR count). The molecule has 2 amide bonds. The molecule has 0 spiro atoms. The Morgan fingerprint density at radius 2 is 2.08 bits per heavy atom. The summed E-state index contributed by atoms with van der Waals surface area (Å²) in [5, 5.41) is 0.533. The van der Waals surface area contributed by atoms with Gasteiger partial charge in [-0.25, -0.2) is 0 Å². The van der Waals surface area contributed by atoms with Crippen molar-refractivity contribution in [3.8, 4) is 5.75 Å². The minimum Gasteiger partial charge on any atom is -0.495 e. The summed E-state index contributed by atoms with van der Waals surface area (Å²) in [5.41, 5.74) is 0.625. The van der Waals surface area contributed by atoms with E-state index in [0.29, 0.717) is 29.5 Å². The molecule has 6 nitrogen and oxygen atoms in total. The molecule has 1 aromatic carbocycles. The van der Waals surface area contributed by atoms with E-state index in [4.69, 9.17) is 16.3 Å². The number of halogens is 1. The van der Waals surface area contributed by atoms with Gasteiger partial charge in [-0.05, 0) is 44.1 Å². The van der Waals surface area contributed by atoms with Gasteiger partial charge in [0.1, 0.15) is 5.75 Å². The molecule has 2 aliphatic rings. The Morgan fingerprint density at radius 1 is 1.35 bits per heavy atom. The molecule has 1 aromatic rings. The average molecular weight is 380 g/mol. The molecule has 0 saturated carbocycles. The van der Waals surface area contributed by atoms with Crippen LogP contribution in [0.3, 0.4) is 0 Å². The van der Waals surface area contributed by atoms with Crippen LogP contribution in [0, 0.1) is 5.92 Å². The van der Waals surface area contributed by atoms with Gasteiger partial charge in [-0.15, -0.1) is 0 Å². The van der Waals surface area contributed by atoms with Crippen molar-refractivity contribution >= 4 is 29.1 Å². The first kappa shape index (κ1) is 19.0. The number of benzene rings is 1. The second-order valence-electron chi connectivity index (χ2n) is 7.03. The predicted molar refractivity (Wildman–Crippen MR) is 102 cm³/mol. The van der Waals surface area contributed by atoms with Crippen LogP contribution in [0.4, 0.5) is 5.69 Å². The lowest BCUT2D eigenvalue weighted by Gasteiger charge is -2.24. The number of carbonyl (C=O) groups is 2. The minimum atomic E-state index is -0.324. The second-order valence-corrected chi connectivity index (χ2v) is 7.47. The number of rotatable bonds is 6. The third-order valence-corrected chi connectivity index (χ3v) is 5.47. The summed E-state index contributed by atoms with van der Waals surface area (Å²) in [4.78, 5) is 31.0. The smallest absolute Gasteiger partial charge is 0.227 e. The fourth-order valence-electron chi connectivity index (χ4n) is 3.70. The molecule has 26 heavy (non-hydrogen) atoms. The first-order chi connectivity index (χ1) is 12.5. The summed E-state index contributed by atoms with van der Waals surface area (Å²) in [6.45, 7) is 4.19. The Morgan fingerprint density at radius 3 is 2.77 bits per heavy atom. The lowest BCUT2D eigenvalue weighted by Crippen LogP contribution is -2.39.